The van der Waals surface area contributed by atoms with Gasteiger partial charge < -0.3 is 9.54 Å². The monoisotopic (exact) mass is 285 g/mol. The van der Waals surface area contributed by atoms with E-state index in [2.05, 4.69) is 15.0 Å². The summed E-state index contributed by atoms with van der Waals surface area (Å²) in [5.41, 5.74) is 3.53. The maximum atomic E-state index is 12.1. The molecule has 0 radical (unpaired) electrons. The molecule has 0 aliphatic heterocycles. The fourth-order valence-corrected chi connectivity index (χ4v) is 3.09. The van der Waals surface area contributed by atoms with Gasteiger partial charge in [-0.15, -0.1) is 0 Å². The van der Waals surface area contributed by atoms with E-state index < -0.39 is 11.2 Å². The number of aryl methyl sites for hydroxylation is 1. The second-order valence-electron chi connectivity index (χ2n) is 4.60. The smallest absolute Gasteiger partial charge is 0.163 e. The van der Waals surface area contributed by atoms with E-state index in [4.69, 9.17) is 0 Å². The molecule has 1 aromatic carbocycles. The summed E-state index contributed by atoms with van der Waals surface area (Å²) in [7, 11) is 0. The molecule has 102 valence electrons. The molecule has 20 heavy (non-hydrogen) atoms. The molecule has 1 unspecified atom stereocenters. The van der Waals surface area contributed by atoms with Gasteiger partial charge in [-0.3, -0.25) is 0 Å². The van der Waals surface area contributed by atoms with Crippen LogP contribution in [0.15, 0.2) is 41.4 Å². The summed E-state index contributed by atoms with van der Waals surface area (Å²) < 4.78 is 12.1. The van der Waals surface area contributed by atoms with E-state index in [0.717, 1.165) is 33.0 Å². The summed E-state index contributed by atoms with van der Waals surface area (Å²) in [5.74, 6) is 1.31. The van der Waals surface area contributed by atoms with Crippen LogP contribution in [0.2, 0.25) is 0 Å². The third-order valence-electron chi connectivity index (χ3n) is 3.12. The van der Waals surface area contributed by atoms with Crippen LogP contribution in [0, 0.1) is 6.92 Å². The van der Waals surface area contributed by atoms with Crippen molar-refractivity contribution >= 4 is 22.3 Å². The van der Waals surface area contributed by atoms with Gasteiger partial charge in [0.15, 0.2) is 10.5 Å². The summed E-state index contributed by atoms with van der Waals surface area (Å²) >= 11 is -1.01. The fraction of sp³-hybridized carbons (Fsp3) is 0.200. The van der Waals surface area contributed by atoms with Crippen LogP contribution in [0.5, 0.6) is 0 Å². The van der Waals surface area contributed by atoms with Crippen molar-refractivity contribution in [1.82, 2.24) is 15.0 Å². The number of hydrogen-bond acceptors (Lipinski definition) is 3. The first-order chi connectivity index (χ1) is 9.69. The van der Waals surface area contributed by atoms with E-state index in [-0.39, 0.29) is 0 Å². The Morgan fingerprint density at radius 1 is 1.30 bits per heavy atom. The van der Waals surface area contributed by atoms with E-state index in [1.165, 1.54) is 0 Å². The molecule has 2 aromatic heterocycles. The minimum absolute atomic E-state index is 0.592. The Bertz CT molecular complexity index is 754. The highest BCUT2D eigenvalue weighted by Crippen LogP contribution is 2.27. The third-order valence-corrected chi connectivity index (χ3v) is 4.49. The zero-order valence-corrected chi connectivity index (χ0v) is 12.2. The topological polar surface area (TPSA) is 64.6 Å². The molecule has 0 bridgehead atoms. The van der Waals surface area contributed by atoms with Crippen LogP contribution in [0.4, 0.5) is 0 Å². The van der Waals surface area contributed by atoms with Crippen LogP contribution >= 0.6 is 0 Å². The molecule has 1 atom stereocenters. The van der Waals surface area contributed by atoms with Gasteiger partial charge in [-0.2, -0.15) is 0 Å². The van der Waals surface area contributed by atoms with Crippen molar-refractivity contribution in [2.24, 2.45) is 0 Å². The van der Waals surface area contributed by atoms with Gasteiger partial charge in [-0.25, -0.2) is 9.97 Å². The maximum Gasteiger partial charge on any atom is 0.163 e. The number of imidazole rings is 1. The molecule has 3 aromatic rings. The van der Waals surface area contributed by atoms with Gasteiger partial charge in [-0.05, 0) is 48.8 Å². The van der Waals surface area contributed by atoms with Crippen LogP contribution < -0.4 is 0 Å². The molecule has 0 amide bonds. The van der Waals surface area contributed by atoms with Crippen LogP contribution in [0.25, 0.3) is 22.6 Å². The number of nitrogens with zero attached hydrogens (tertiary/aromatic N) is 2. The highest BCUT2D eigenvalue weighted by atomic mass is 32.2. The maximum absolute atomic E-state index is 12.1. The van der Waals surface area contributed by atoms with Gasteiger partial charge in [0.05, 0.1) is 5.56 Å². The minimum atomic E-state index is -1.01. The zero-order valence-electron chi connectivity index (χ0n) is 11.4. The molecular formula is C15H15N3OS. The molecule has 2 heterocycles. The van der Waals surface area contributed by atoms with Crippen LogP contribution in [0.1, 0.15) is 12.5 Å². The second kappa shape index (κ2) is 5.26. The zero-order chi connectivity index (χ0) is 14.1. The van der Waals surface area contributed by atoms with E-state index in [1.807, 2.05) is 44.2 Å². The first kappa shape index (κ1) is 13.1. The molecular weight excluding hydrogens is 270 g/mol. The number of H-pyrrole nitrogens is 1. The number of aromatic amines is 1. The predicted octanol–water partition coefficient (Wildman–Crippen LogP) is 3.06. The van der Waals surface area contributed by atoms with Crippen molar-refractivity contribution in [3.8, 4) is 11.4 Å². The van der Waals surface area contributed by atoms with E-state index in [9.17, 15) is 4.55 Å². The summed E-state index contributed by atoms with van der Waals surface area (Å²) in [6.45, 7) is 3.90. The number of rotatable bonds is 3. The van der Waals surface area contributed by atoms with Gasteiger partial charge in [0, 0.05) is 6.20 Å². The van der Waals surface area contributed by atoms with Crippen molar-refractivity contribution in [3.63, 3.8) is 0 Å². The Balaban J connectivity index is 2.15. The number of benzene rings is 1. The SMILES string of the molecule is CC[S+]([O-])c1ccccc1-c1nc2cc(C)cnc2[nH]1. The predicted molar refractivity (Wildman–Crippen MR) is 81.0 cm³/mol. The molecule has 0 saturated heterocycles. The van der Waals surface area contributed by atoms with Crippen LogP contribution in [-0.4, -0.2) is 25.3 Å². The largest absolute Gasteiger partial charge is 0.611 e. The molecule has 0 fully saturated rings. The average Bonchev–Trinajstić information content (AvgIpc) is 2.89. The molecule has 4 nitrogen and oxygen atoms in total. The van der Waals surface area contributed by atoms with Crippen molar-refractivity contribution in [2.45, 2.75) is 18.7 Å². The summed E-state index contributed by atoms with van der Waals surface area (Å²) in [6, 6.07) is 9.64. The molecule has 0 aliphatic carbocycles. The van der Waals surface area contributed by atoms with Crippen molar-refractivity contribution in [1.29, 1.82) is 0 Å². The lowest BCUT2D eigenvalue weighted by Crippen LogP contribution is -2.05. The molecule has 3 rings (SSSR count). The van der Waals surface area contributed by atoms with E-state index >= 15 is 0 Å². The van der Waals surface area contributed by atoms with Crippen LogP contribution in [-0.2, 0) is 11.2 Å². The lowest BCUT2D eigenvalue weighted by atomic mass is 10.2. The van der Waals surface area contributed by atoms with Gasteiger partial charge in [0.1, 0.15) is 17.1 Å². The van der Waals surface area contributed by atoms with E-state index in [1.54, 1.807) is 6.20 Å². The Hall–Kier alpha value is -1.85. The molecule has 0 aliphatic rings. The first-order valence-electron chi connectivity index (χ1n) is 6.49. The van der Waals surface area contributed by atoms with Crippen LogP contribution in [0.3, 0.4) is 0 Å². The lowest BCUT2D eigenvalue weighted by molar-refractivity contribution is 0.596. The molecule has 0 saturated carbocycles. The highest BCUT2D eigenvalue weighted by molar-refractivity contribution is 7.91. The average molecular weight is 285 g/mol. The van der Waals surface area contributed by atoms with Gasteiger partial charge in [0.25, 0.3) is 0 Å². The molecule has 5 heteroatoms. The summed E-state index contributed by atoms with van der Waals surface area (Å²) in [6.07, 6.45) is 1.81. The first-order valence-corrected chi connectivity index (χ1v) is 7.81. The molecule has 1 N–H and O–H groups in total. The minimum Gasteiger partial charge on any atom is -0.611 e. The lowest BCUT2D eigenvalue weighted by Gasteiger charge is -2.10. The summed E-state index contributed by atoms with van der Waals surface area (Å²) in [5, 5.41) is 0. The number of hydrogen-bond donors (Lipinski definition) is 1. The quantitative estimate of drug-likeness (QED) is 0.752. The van der Waals surface area contributed by atoms with Crippen molar-refractivity contribution in [3.05, 3.63) is 42.1 Å². The van der Waals surface area contributed by atoms with Gasteiger partial charge >= 0.3 is 0 Å². The number of nitrogens with one attached hydrogen (secondary N) is 1. The number of fused-ring (bicyclic) bond motifs is 1. The summed E-state index contributed by atoms with van der Waals surface area (Å²) in [4.78, 5) is 12.9. The van der Waals surface area contributed by atoms with E-state index in [0.29, 0.717) is 5.75 Å². The normalized spacial score (nSPS) is 12.8. The number of aromatic nitrogens is 3. The fourth-order valence-electron chi connectivity index (χ4n) is 2.14. The third kappa shape index (κ3) is 2.30. The standard InChI is InChI=1S/C15H15N3OS/c1-3-20(19)13-7-5-4-6-11(13)14-17-12-8-10(2)9-16-15(12)18-14/h4-9H,3H2,1-2H3,(H,16,17,18). The molecule has 0 spiro atoms. The Kier molecular flexibility index (Phi) is 3.46. The highest BCUT2D eigenvalue weighted by Gasteiger charge is 2.17. The van der Waals surface area contributed by atoms with Crippen molar-refractivity contribution < 1.29 is 4.55 Å². The van der Waals surface area contributed by atoms with Crippen molar-refractivity contribution in [2.75, 3.05) is 5.75 Å². The Morgan fingerprint density at radius 3 is 2.90 bits per heavy atom. The Morgan fingerprint density at radius 2 is 2.10 bits per heavy atom. The van der Waals surface area contributed by atoms with Gasteiger partial charge in [-0.1, -0.05) is 12.1 Å². The van der Waals surface area contributed by atoms with Gasteiger partial charge in [0.2, 0.25) is 0 Å². The second-order valence-corrected chi connectivity index (χ2v) is 6.30. The number of pyridine rings is 1. The Labute approximate surface area is 120 Å².